The predicted molar refractivity (Wildman–Crippen MR) is 94.7 cm³/mol. The maximum absolute atomic E-state index is 12.2. The van der Waals surface area contributed by atoms with Crippen molar-refractivity contribution >= 4 is 19.5 Å². The van der Waals surface area contributed by atoms with Crippen LogP contribution in [-0.2, 0) is 23.3 Å². The predicted octanol–water partition coefficient (Wildman–Crippen LogP) is 0.127. The van der Waals surface area contributed by atoms with Gasteiger partial charge in [-0.2, -0.15) is 0 Å². The van der Waals surface area contributed by atoms with E-state index in [-0.39, 0.29) is 13.2 Å². The van der Waals surface area contributed by atoms with Crippen molar-refractivity contribution in [3.8, 4) is 0 Å². The fraction of sp³-hybridized carbons (Fsp3) is 0.714. The summed E-state index contributed by atoms with van der Waals surface area (Å²) in [6.45, 7) is 3.42. The molecule has 1 aromatic heterocycles. The van der Waals surface area contributed by atoms with Crippen LogP contribution in [0.5, 0.6) is 0 Å². The molecule has 1 aliphatic heterocycles. The maximum atomic E-state index is 12.2. The number of ether oxygens (including phenoxy) is 3. The normalized spacial score (nSPS) is 27.5. The molecule has 0 aliphatic carbocycles. The lowest BCUT2D eigenvalue weighted by atomic mass is 10.1. The molecule has 26 heavy (non-hydrogen) atoms. The topological polar surface area (TPSA) is 129 Å². The van der Waals surface area contributed by atoms with E-state index in [1.54, 1.807) is 0 Å². The molecule has 1 aromatic rings. The van der Waals surface area contributed by atoms with Crippen LogP contribution in [0.2, 0.25) is 0 Å². The summed E-state index contributed by atoms with van der Waals surface area (Å²) in [7, 11) is -0.819. The molecule has 10 nitrogen and oxygen atoms in total. The third kappa shape index (κ3) is 4.80. The Labute approximate surface area is 155 Å². The van der Waals surface area contributed by atoms with Gasteiger partial charge in [-0.3, -0.25) is 14.3 Å². The summed E-state index contributed by atoms with van der Waals surface area (Å²) in [5.41, 5.74) is -0.923. The lowest BCUT2D eigenvalue weighted by Gasteiger charge is -2.22. The van der Waals surface area contributed by atoms with Crippen LogP contribution in [0.3, 0.4) is 0 Å². The summed E-state index contributed by atoms with van der Waals surface area (Å²) in [4.78, 5) is 26.0. The first-order valence-electron chi connectivity index (χ1n) is 7.85. The third-order valence-electron chi connectivity index (χ3n) is 3.93. The van der Waals surface area contributed by atoms with Gasteiger partial charge in [0, 0.05) is 18.9 Å². The minimum atomic E-state index is -2.32. The Hall–Kier alpha value is -1.07. The number of rotatable bonds is 8. The van der Waals surface area contributed by atoms with Gasteiger partial charge in [0.1, 0.15) is 24.5 Å². The quantitative estimate of drug-likeness (QED) is 0.314. The number of hydrogen-bond acceptors (Lipinski definition) is 8. The highest BCUT2D eigenvalue weighted by Crippen LogP contribution is 2.41. The summed E-state index contributed by atoms with van der Waals surface area (Å²) < 4.78 is 34.4. The van der Waals surface area contributed by atoms with Crippen LogP contribution in [0, 0.1) is 6.92 Å². The van der Waals surface area contributed by atoms with Gasteiger partial charge >= 0.3 is 12.9 Å². The highest BCUT2D eigenvalue weighted by molar-refractivity contribution is 8.39. The number of H-pyrrole nitrogens is 1. The lowest BCUT2D eigenvalue weighted by molar-refractivity contribution is -0.0902. The Morgan fingerprint density at radius 3 is 2.69 bits per heavy atom. The molecule has 1 aliphatic rings. The maximum Gasteiger partial charge on any atom is 0.582 e. The molecule has 0 radical (unpaired) electrons. The summed E-state index contributed by atoms with van der Waals surface area (Å²) in [6.07, 6.45) is -3.43. The average Bonchev–Trinajstić information content (AvgIpc) is 2.89. The van der Waals surface area contributed by atoms with Crippen LogP contribution in [0.1, 0.15) is 18.7 Å². The first-order chi connectivity index (χ1) is 12.3. The van der Waals surface area contributed by atoms with Crippen molar-refractivity contribution in [1.82, 2.24) is 9.55 Å². The number of aliphatic hydroxyl groups is 1. The number of aliphatic hydroxyl groups excluding tert-OH is 1. The van der Waals surface area contributed by atoms with Gasteiger partial charge in [0.15, 0.2) is 12.3 Å². The van der Waals surface area contributed by atoms with E-state index < -0.39 is 49.1 Å². The van der Waals surface area contributed by atoms with Gasteiger partial charge in [-0.15, -0.1) is 4.52 Å². The van der Waals surface area contributed by atoms with E-state index in [1.165, 1.54) is 27.2 Å². The van der Waals surface area contributed by atoms with Gasteiger partial charge in [-0.05, 0) is 18.4 Å². The van der Waals surface area contributed by atoms with Crippen LogP contribution in [0.15, 0.2) is 15.8 Å². The van der Waals surface area contributed by atoms with Crippen LogP contribution in [0.4, 0.5) is 0 Å². The minimum absolute atomic E-state index is 0.147. The summed E-state index contributed by atoms with van der Waals surface area (Å²) in [6, 6.07) is 0. The smallest absolute Gasteiger partial charge is 0.391 e. The van der Waals surface area contributed by atoms with Crippen LogP contribution in [0.25, 0.3) is 0 Å². The standard InChI is InChI=1S/C14H21N2O8PS/c1-7-6-16(14(19)15-12(7)18)13-11(22-5-4-21-3)10(24-25(20)26)9(23-13)8(2)17/h6,8-11,13,17H,4-5H2,1-3H3,(H-,15,18,19,20,26)/p+1/t8-,9-,10?,11?,13-/m1/s1. The first kappa shape index (κ1) is 21.2. The number of nitrogens with zero attached hydrogens (tertiary/aromatic N) is 1. The molecule has 6 atom stereocenters. The van der Waals surface area contributed by atoms with E-state index in [2.05, 4.69) is 17.2 Å². The van der Waals surface area contributed by atoms with Gasteiger partial charge < -0.3 is 19.3 Å². The summed E-state index contributed by atoms with van der Waals surface area (Å²) in [5, 5.41) is 10.0. The lowest BCUT2D eigenvalue weighted by Crippen LogP contribution is -2.41. The SMILES string of the molecule is COCCOC1C(O[P+](=O)S)[C@@H]([C@@H](C)O)O[C@H]1n1cc(C)c(=O)[nH]c1=O. The molecule has 0 saturated carbocycles. The summed E-state index contributed by atoms with van der Waals surface area (Å²) in [5.74, 6) is 0. The van der Waals surface area contributed by atoms with Crippen LogP contribution >= 0.6 is 19.5 Å². The molecule has 1 saturated heterocycles. The molecular formula is C14H22N2O8PS+. The molecule has 3 unspecified atom stereocenters. The van der Waals surface area contributed by atoms with Gasteiger partial charge in [-0.1, -0.05) is 0 Å². The van der Waals surface area contributed by atoms with Crippen molar-refractivity contribution in [2.24, 2.45) is 0 Å². The molecule has 12 heteroatoms. The Kier molecular flexibility index (Phi) is 7.53. The molecule has 0 bridgehead atoms. The largest absolute Gasteiger partial charge is 0.582 e. The molecule has 146 valence electrons. The average molecular weight is 409 g/mol. The second kappa shape index (κ2) is 9.23. The van der Waals surface area contributed by atoms with Gasteiger partial charge in [0.05, 0.1) is 19.3 Å². The second-order valence-electron chi connectivity index (χ2n) is 5.85. The number of thiol groups is 1. The number of nitrogens with one attached hydrogen (secondary N) is 1. The van der Waals surface area contributed by atoms with Crippen LogP contribution in [-0.4, -0.2) is 59.4 Å². The third-order valence-corrected chi connectivity index (χ3v) is 4.64. The van der Waals surface area contributed by atoms with Gasteiger partial charge in [0.2, 0.25) is 0 Å². The fourth-order valence-electron chi connectivity index (χ4n) is 2.72. The number of methoxy groups -OCH3 is 1. The van der Waals surface area contributed by atoms with Gasteiger partial charge in [-0.25, -0.2) is 4.79 Å². The molecule has 0 spiro atoms. The molecule has 0 aromatic carbocycles. The zero-order chi connectivity index (χ0) is 19.4. The minimum Gasteiger partial charge on any atom is -0.391 e. The fourth-order valence-corrected chi connectivity index (χ4v) is 3.50. The number of aryl methyl sites for hydroxylation is 1. The molecule has 2 N–H and O–H groups in total. The first-order valence-corrected chi connectivity index (χ1v) is 10.2. The van der Waals surface area contributed by atoms with E-state index in [0.717, 1.165) is 4.57 Å². The van der Waals surface area contributed by atoms with Crippen molar-refractivity contribution in [3.05, 3.63) is 32.6 Å². The Balaban J connectivity index is 2.44. The molecule has 0 amide bonds. The Morgan fingerprint density at radius 2 is 2.12 bits per heavy atom. The Bertz CT molecular complexity index is 751. The molecule has 1 fully saturated rings. The van der Waals surface area contributed by atoms with Crippen molar-refractivity contribution in [2.45, 2.75) is 44.5 Å². The monoisotopic (exact) mass is 409 g/mol. The number of hydrogen-bond donors (Lipinski definition) is 3. The van der Waals surface area contributed by atoms with Crippen molar-refractivity contribution in [3.63, 3.8) is 0 Å². The van der Waals surface area contributed by atoms with Crippen molar-refractivity contribution < 1.29 is 28.4 Å². The van der Waals surface area contributed by atoms with Crippen molar-refractivity contribution in [2.75, 3.05) is 20.3 Å². The molecule has 2 rings (SSSR count). The number of aromatic amines is 1. The summed E-state index contributed by atoms with van der Waals surface area (Å²) >= 11 is 3.75. The van der Waals surface area contributed by atoms with E-state index in [0.29, 0.717) is 5.56 Å². The highest BCUT2D eigenvalue weighted by atomic mass is 32.7. The van der Waals surface area contributed by atoms with E-state index in [9.17, 15) is 19.3 Å². The van der Waals surface area contributed by atoms with E-state index in [1.807, 2.05) is 0 Å². The number of aromatic nitrogens is 2. The molecule has 2 heterocycles. The van der Waals surface area contributed by atoms with E-state index >= 15 is 0 Å². The molecular weight excluding hydrogens is 387 g/mol. The van der Waals surface area contributed by atoms with E-state index in [4.69, 9.17) is 18.7 Å². The highest BCUT2D eigenvalue weighted by Gasteiger charge is 2.53. The zero-order valence-corrected chi connectivity index (χ0v) is 16.3. The van der Waals surface area contributed by atoms with Gasteiger partial charge in [0.25, 0.3) is 5.56 Å². The Morgan fingerprint density at radius 1 is 1.42 bits per heavy atom. The van der Waals surface area contributed by atoms with Crippen molar-refractivity contribution in [1.29, 1.82) is 0 Å². The zero-order valence-electron chi connectivity index (χ0n) is 14.5. The van der Waals surface area contributed by atoms with Crippen LogP contribution < -0.4 is 11.2 Å². The second-order valence-corrected chi connectivity index (χ2v) is 7.51.